The van der Waals surface area contributed by atoms with Gasteiger partial charge in [0.05, 0.1) is 23.9 Å². The predicted molar refractivity (Wildman–Crippen MR) is 84.6 cm³/mol. The summed E-state index contributed by atoms with van der Waals surface area (Å²) in [4.78, 5) is 26.1. The Morgan fingerprint density at radius 3 is 2.29 bits per heavy atom. The van der Waals surface area contributed by atoms with Crippen LogP contribution in [0.3, 0.4) is 0 Å². The second kappa shape index (κ2) is 5.86. The van der Waals surface area contributed by atoms with Gasteiger partial charge in [-0.2, -0.15) is 0 Å². The zero-order valence-corrected chi connectivity index (χ0v) is 13.6. The summed E-state index contributed by atoms with van der Waals surface area (Å²) >= 11 is 6.02. The number of anilines is 1. The van der Waals surface area contributed by atoms with Crippen molar-refractivity contribution in [2.24, 2.45) is 0 Å². The Labute approximate surface area is 143 Å². The van der Waals surface area contributed by atoms with Gasteiger partial charge in [-0.05, 0) is 31.7 Å². The van der Waals surface area contributed by atoms with Crippen LogP contribution in [0.5, 0.6) is 5.75 Å². The van der Waals surface area contributed by atoms with Crippen LogP contribution in [0.2, 0.25) is 5.02 Å². The number of carbonyl (C=O) groups is 2. The number of hydrogen-bond acceptors (Lipinski definition) is 4. The van der Waals surface area contributed by atoms with E-state index < -0.39 is 17.6 Å². The molecule has 0 aromatic heterocycles. The van der Waals surface area contributed by atoms with Crippen LogP contribution < -0.4 is 9.64 Å². The van der Waals surface area contributed by atoms with Crippen molar-refractivity contribution in [3.63, 3.8) is 0 Å². The summed E-state index contributed by atoms with van der Waals surface area (Å²) in [6.07, 6.45) is 2.70. The van der Waals surface area contributed by atoms with Gasteiger partial charge in [-0.3, -0.25) is 9.59 Å². The molecule has 24 heavy (non-hydrogen) atoms. The summed E-state index contributed by atoms with van der Waals surface area (Å²) in [5, 5.41) is 0.0972. The number of nitrogens with zero attached hydrogens (tertiary/aromatic N) is 1. The van der Waals surface area contributed by atoms with Crippen LogP contribution >= 0.6 is 11.6 Å². The highest BCUT2D eigenvalue weighted by molar-refractivity contribution is 6.34. The van der Waals surface area contributed by atoms with E-state index in [4.69, 9.17) is 21.1 Å². The Balaban J connectivity index is 1.70. The highest BCUT2D eigenvalue weighted by Crippen LogP contribution is 2.39. The molecular formula is C17H15ClFNO4. The fourth-order valence-corrected chi connectivity index (χ4v) is 3.39. The monoisotopic (exact) mass is 351 g/mol. The molecule has 1 aromatic rings. The van der Waals surface area contributed by atoms with Crippen LogP contribution in [0.1, 0.15) is 25.7 Å². The number of imide groups is 1. The molecular weight excluding hydrogens is 337 g/mol. The zero-order valence-electron chi connectivity index (χ0n) is 12.8. The van der Waals surface area contributed by atoms with Gasteiger partial charge in [0.1, 0.15) is 17.7 Å². The number of carbonyl (C=O) groups excluding carboxylic acids is 2. The predicted octanol–water partition coefficient (Wildman–Crippen LogP) is 3.00. The Morgan fingerprint density at radius 1 is 1.12 bits per heavy atom. The lowest BCUT2D eigenvalue weighted by Gasteiger charge is -2.27. The normalized spacial score (nSPS) is 21.2. The van der Waals surface area contributed by atoms with Crippen LogP contribution in [-0.2, 0) is 14.3 Å². The maximum absolute atomic E-state index is 14.4. The second-order valence-corrected chi connectivity index (χ2v) is 6.53. The fraction of sp³-hybridized carbons (Fsp3) is 0.412. The zero-order chi connectivity index (χ0) is 16.8. The SMILES string of the molecule is O=C1C2=C(CCCC2)C(=O)N1c1cc(OC2COC2)c(Cl)cc1F. The Hall–Kier alpha value is -1.92. The van der Waals surface area contributed by atoms with Crippen molar-refractivity contribution >= 4 is 29.1 Å². The fourth-order valence-electron chi connectivity index (χ4n) is 3.20. The number of hydrogen-bond donors (Lipinski definition) is 0. The molecule has 4 rings (SSSR count). The molecule has 1 aromatic carbocycles. The van der Waals surface area contributed by atoms with Crippen LogP contribution in [0.25, 0.3) is 0 Å². The molecule has 0 bridgehead atoms. The van der Waals surface area contributed by atoms with Crippen molar-refractivity contribution in [1.29, 1.82) is 0 Å². The Bertz CT molecular complexity index is 744. The molecule has 2 aliphatic heterocycles. The first-order valence-electron chi connectivity index (χ1n) is 7.90. The summed E-state index contributed by atoms with van der Waals surface area (Å²) in [5.41, 5.74) is 0.907. The van der Waals surface area contributed by atoms with Gasteiger partial charge in [-0.25, -0.2) is 9.29 Å². The third kappa shape index (κ3) is 2.41. The Kier molecular flexibility index (Phi) is 3.81. The molecule has 0 spiro atoms. The molecule has 126 valence electrons. The van der Waals surface area contributed by atoms with Gasteiger partial charge in [0.15, 0.2) is 0 Å². The van der Waals surface area contributed by atoms with Gasteiger partial charge in [-0.15, -0.1) is 0 Å². The van der Waals surface area contributed by atoms with Gasteiger partial charge in [0.25, 0.3) is 11.8 Å². The van der Waals surface area contributed by atoms with E-state index in [0.29, 0.717) is 37.2 Å². The van der Waals surface area contributed by atoms with E-state index in [1.54, 1.807) is 0 Å². The lowest BCUT2D eigenvalue weighted by atomic mass is 9.93. The Morgan fingerprint density at radius 2 is 1.75 bits per heavy atom. The molecule has 7 heteroatoms. The van der Waals surface area contributed by atoms with E-state index >= 15 is 0 Å². The molecule has 0 atom stereocenters. The molecule has 0 unspecified atom stereocenters. The van der Waals surface area contributed by atoms with Crippen molar-refractivity contribution < 1.29 is 23.5 Å². The topological polar surface area (TPSA) is 55.8 Å². The van der Waals surface area contributed by atoms with Crippen molar-refractivity contribution in [1.82, 2.24) is 0 Å². The van der Waals surface area contributed by atoms with Gasteiger partial charge in [0, 0.05) is 17.2 Å². The minimum absolute atomic E-state index is 0.0972. The first-order valence-corrected chi connectivity index (χ1v) is 8.28. The van der Waals surface area contributed by atoms with Crippen molar-refractivity contribution in [3.8, 4) is 5.75 Å². The number of benzene rings is 1. The molecule has 1 aliphatic carbocycles. The molecule has 1 saturated heterocycles. The summed E-state index contributed by atoms with van der Waals surface area (Å²) < 4.78 is 25.1. The quantitative estimate of drug-likeness (QED) is 0.786. The smallest absolute Gasteiger partial charge is 0.261 e. The average Bonchev–Trinajstić information content (AvgIpc) is 2.77. The second-order valence-electron chi connectivity index (χ2n) is 6.12. The number of ether oxygens (including phenoxy) is 2. The maximum Gasteiger partial charge on any atom is 0.261 e. The van der Waals surface area contributed by atoms with E-state index in [9.17, 15) is 14.0 Å². The van der Waals surface area contributed by atoms with Crippen LogP contribution in [-0.4, -0.2) is 31.1 Å². The largest absolute Gasteiger partial charge is 0.484 e. The van der Waals surface area contributed by atoms with Crippen molar-refractivity contribution in [3.05, 3.63) is 34.1 Å². The third-order valence-corrected chi connectivity index (χ3v) is 4.83. The molecule has 2 amide bonds. The minimum Gasteiger partial charge on any atom is -0.484 e. The number of halogens is 2. The van der Waals surface area contributed by atoms with E-state index in [1.807, 2.05) is 0 Å². The minimum atomic E-state index is -0.723. The molecule has 0 N–H and O–H groups in total. The summed E-state index contributed by atoms with van der Waals surface area (Å²) in [6.45, 7) is 0.862. The van der Waals surface area contributed by atoms with Gasteiger partial charge in [0.2, 0.25) is 0 Å². The van der Waals surface area contributed by atoms with E-state index in [1.165, 1.54) is 6.07 Å². The lowest BCUT2D eigenvalue weighted by molar-refractivity contribution is -0.120. The van der Waals surface area contributed by atoms with E-state index in [-0.39, 0.29) is 22.6 Å². The summed E-state index contributed by atoms with van der Waals surface area (Å²) in [6, 6.07) is 2.40. The highest BCUT2D eigenvalue weighted by atomic mass is 35.5. The molecule has 5 nitrogen and oxygen atoms in total. The molecule has 0 saturated carbocycles. The summed E-state index contributed by atoms with van der Waals surface area (Å²) in [7, 11) is 0. The average molecular weight is 352 g/mol. The molecule has 3 aliphatic rings. The summed E-state index contributed by atoms with van der Waals surface area (Å²) in [5.74, 6) is -1.35. The van der Waals surface area contributed by atoms with Crippen LogP contribution in [0, 0.1) is 5.82 Å². The van der Waals surface area contributed by atoms with Gasteiger partial charge in [-0.1, -0.05) is 11.6 Å². The maximum atomic E-state index is 14.4. The highest BCUT2D eigenvalue weighted by Gasteiger charge is 2.41. The van der Waals surface area contributed by atoms with Crippen LogP contribution in [0.4, 0.5) is 10.1 Å². The van der Waals surface area contributed by atoms with E-state index in [2.05, 4.69) is 0 Å². The number of rotatable bonds is 3. The molecule has 0 radical (unpaired) electrons. The van der Waals surface area contributed by atoms with Gasteiger partial charge >= 0.3 is 0 Å². The first kappa shape index (κ1) is 15.6. The standard InChI is InChI=1S/C17H15ClFNO4/c18-12-5-13(19)14(6-15(12)24-9-7-23-8-9)20-16(21)10-3-1-2-4-11(10)17(20)22/h5-6,9H,1-4,7-8H2. The van der Waals surface area contributed by atoms with Crippen molar-refractivity contribution in [2.45, 2.75) is 31.8 Å². The van der Waals surface area contributed by atoms with Crippen molar-refractivity contribution in [2.75, 3.05) is 18.1 Å². The van der Waals surface area contributed by atoms with Gasteiger partial charge < -0.3 is 9.47 Å². The molecule has 1 fully saturated rings. The number of amides is 2. The van der Waals surface area contributed by atoms with E-state index in [0.717, 1.165) is 23.8 Å². The molecule has 2 heterocycles. The van der Waals surface area contributed by atoms with Crippen LogP contribution in [0.15, 0.2) is 23.3 Å². The first-order chi connectivity index (χ1) is 11.6. The lowest BCUT2D eigenvalue weighted by Crippen LogP contribution is -2.38. The third-order valence-electron chi connectivity index (χ3n) is 4.53.